The molecule has 1 aliphatic carbocycles. The summed E-state index contributed by atoms with van der Waals surface area (Å²) in [7, 11) is 1.81. The zero-order valence-electron chi connectivity index (χ0n) is 12.1. The number of aryl methyl sites for hydroxylation is 1. The summed E-state index contributed by atoms with van der Waals surface area (Å²) in [6.45, 7) is 2.27. The normalized spacial score (nSPS) is 27.6. The number of rotatable bonds is 6. The third kappa shape index (κ3) is 3.91. The Balaban J connectivity index is 1.90. The van der Waals surface area contributed by atoms with Crippen LogP contribution < -0.4 is 0 Å². The summed E-state index contributed by atoms with van der Waals surface area (Å²) in [4.78, 5) is 1.53. The lowest BCUT2D eigenvalue weighted by Gasteiger charge is -2.38. The maximum Gasteiger partial charge on any atom is 0.175 e. The largest absolute Gasteiger partial charge is 0.175 e. The van der Waals surface area contributed by atoms with E-state index in [-0.39, 0.29) is 5.41 Å². The highest BCUT2D eigenvalue weighted by atomic mass is 35.5. The second-order valence-electron chi connectivity index (χ2n) is 6.09. The SMILES string of the molecule is CCCCC1CCC(CCl)(Cc2nnn(C)n2)CC1. The fourth-order valence-electron chi connectivity index (χ4n) is 3.16. The zero-order valence-corrected chi connectivity index (χ0v) is 12.9. The van der Waals surface area contributed by atoms with Crippen LogP contribution in [0.2, 0.25) is 0 Å². The van der Waals surface area contributed by atoms with E-state index >= 15 is 0 Å². The molecule has 0 unspecified atom stereocenters. The smallest absolute Gasteiger partial charge is 0.167 e. The minimum atomic E-state index is 0.202. The van der Waals surface area contributed by atoms with Gasteiger partial charge in [-0.1, -0.05) is 26.2 Å². The molecule has 0 atom stereocenters. The van der Waals surface area contributed by atoms with E-state index in [0.29, 0.717) is 5.88 Å². The van der Waals surface area contributed by atoms with Crippen molar-refractivity contribution in [2.75, 3.05) is 5.88 Å². The van der Waals surface area contributed by atoms with Crippen LogP contribution >= 0.6 is 11.6 Å². The van der Waals surface area contributed by atoms with Gasteiger partial charge in [-0.3, -0.25) is 0 Å². The summed E-state index contributed by atoms with van der Waals surface area (Å²) in [5.41, 5.74) is 0.202. The van der Waals surface area contributed by atoms with Gasteiger partial charge in [0, 0.05) is 12.3 Å². The lowest BCUT2D eigenvalue weighted by molar-refractivity contribution is 0.163. The van der Waals surface area contributed by atoms with Crippen molar-refractivity contribution in [3.63, 3.8) is 0 Å². The fraction of sp³-hybridized carbons (Fsp3) is 0.929. The minimum Gasteiger partial charge on any atom is -0.167 e. The van der Waals surface area contributed by atoms with Crippen molar-refractivity contribution in [2.24, 2.45) is 18.4 Å². The Morgan fingerprint density at radius 3 is 2.63 bits per heavy atom. The van der Waals surface area contributed by atoms with E-state index in [1.165, 1.54) is 49.7 Å². The maximum absolute atomic E-state index is 6.26. The Kier molecular flexibility index (Phi) is 5.20. The van der Waals surface area contributed by atoms with Crippen LogP contribution in [0.1, 0.15) is 57.7 Å². The highest BCUT2D eigenvalue weighted by molar-refractivity contribution is 6.18. The van der Waals surface area contributed by atoms with Gasteiger partial charge in [0.1, 0.15) is 0 Å². The first-order chi connectivity index (χ1) is 9.17. The Bertz CT molecular complexity index is 383. The van der Waals surface area contributed by atoms with Crippen molar-refractivity contribution < 1.29 is 0 Å². The predicted molar refractivity (Wildman–Crippen MR) is 77.1 cm³/mol. The van der Waals surface area contributed by atoms with Crippen LogP contribution in [0.3, 0.4) is 0 Å². The van der Waals surface area contributed by atoms with Crippen LogP contribution in [0.4, 0.5) is 0 Å². The Labute approximate surface area is 120 Å². The average molecular weight is 285 g/mol. The average Bonchev–Trinajstić information content (AvgIpc) is 2.83. The number of alkyl halides is 1. The van der Waals surface area contributed by atoms with E-state index in [4.69, 9.17) is 11.6 Å². The van der Waals surface area contributed by atoms with Crippen molar-refractivity contribution in [3.05, 3.63) is 5.82 Å². The molecule has 0 saturated heterocycles. The highest BCUT2D eigenvalue weighted by Crippen LogP contribution is 2.43. The molecule has 1 fully saturated rings. The highest BCUT2D eigenvalue weighted by Gasteiger charge is 2.35. The summed E-state index contributed by atoms with van der Waals surface area (Å²) in [5, 5.41) is 12.3. The van der Waals surface area contributed by atoms with Gasteiger partial charge >= 0.3 is 0 Å². The van der Waals surface area contributed by atoms with Gasteiger partial charge in [0.2, 0.25) is 0 Å². The number of nitrogens with zero attached hydrogens (tertiary/aromatic N) is 4. The number of unbranched alkanes of at least 4 members (excludes halogenated alkanes) is 1. The second kappa shape index (κ2) is 6.69. The summed E-state index contributed by atoms with van der Waals surface area (Å²) >= 11 is 6.26. The van der Waals surface area contributed by atoms with E-state index in [9.17, 15) is 0 Å². The van der Waals surface area contributed by atoms with Crippen molar-refractivity contribution >= 4 is 11.6 Å². The van der Waals surface area contributed by atoms with Crippen molar-refractivity contribution in [1.29, 1.82) is 0 Å². The summed E-state index contributed by atoms with van der Waals surface area (Å²) < 4.78 is 0. The van der Waals surface area contributed by atoms with Crippen molar-refractivity contribution in [3.8, 4) is 0 Å². The van der Waals surface area contributed by atoms with E-state index < -0.39 is 0 Å². The van der Waals surface area contributed by atoms with Crippen LogP contribution in [0.15, 0.2) is 0 Å². The van der Waals surface area contributed by atoms with Gasteiger partial charge in [-0.25, -0.2) is 0 Å². The summed E-state index contributed by atoms with van der Waals surface area (Å²) in [6, 6.07) is 0. The first kappa shape index (κ1) is 14.8. The van der Waals surface area contributed by atoms with Crippen molar-refractivity contribution in [1.82, 2.24) is 20.2 Å². The molecule has 0 spiro atoms. The number of aromatic nitrogens is 4. The van der Waals surface area contributed by atoms with Gasteiger partial charge < -0.3 is 0 Å². The van der Waals surface area contributed by atoms with E-state index in [2.05, 4.69) is 22.3 Å². The Morgan fingerprint density at radius 1 is 1.37 bits per heavy atom. The van der Waals surface area contributed by atoms with Crippen LogP contribution in [-0.2, 0) is 13.5 Å². The lowest BCUT2D eigenvalue weighted by atomic mass is 9.69. The number of hydrogen-bond acceptors (Lipinski definition) is 3. The number of tetrazole rings is 1. The quantitative estimate of drug-likeness (QED) is 0.753. The zero-order chi connectivity index (χ0) is 13.7. The van der Waals surface area contributed by atoms with Gasteiger partial charge in [-0.2, -0.15) is 4.80 Å². The first-order valence-corrected chi connectivity index (χ1v) is 8.00. The van der Waals surface area contributed by atoms with Gasteiger partial charge in [0.25, 0.3) is 0 Å². The third-order valence-corrected chi connectivity index (χ3v) is 5.07. The van der Waals surface area contributed by atoms with Crippen molar-refractivity contribution in [2.45, 2.75) is 58.3 Å². The fourth-order valence-corrected chi connectivity index (χ4v) is 3.52. The monoisotopic (exact) mass is 284 g/mol. The molecule has 0 radical (unpaired) electrons. The molecule has 19 heavy (non-hydrogen) atoms. The summed E-state index contributed by atoms with van der Waals surface area (Å²) in [5.74, 6) is 2.47. The molecule has 1 aromatic rings. The molecule has 1 aromatic heterocycles. The van der Waals surface area contributed by atoms with Crippen LogP contribution in [0, 0.1) is 11.3 Å². The third-order valence-electron chi connectivity index (χ3n) is 4.50. The lowest BCUT2D eigenvalue weighted by Crippen LogP contribution is -2.32. The molecule has 1 saturated carbocycles. The van der Waals surface area contributed by atoms with Crippen LogP contribution in [0.25, 0.3) is 0 Å². The van der Waals surface area contributed by atoms with Crippen LogP contribution in [-0.4, -0.2) is 26.1 Å². The molecular weight excluding hydrogens is 260 g/mol. The molecule has 1 aliphatic rings. The molecule has 0 amide bonds. The van der Waals surface area contributed by atoms with E-state index in [1.807, 2.05) is 7.05 Å². The van der Waals surface area contributed by atoms with Gasteiger partial charge in [-0.05, 0) is 42.2 Å². The molecular formula is C14H25ClN4. The molecule has 4 nitrogen and oxygen atoms in total. The Hall–Kier alpha value is -0.640. The van der Waals surface area contributed by atoms with E-state index in [1.54, 1.807) is 0 Å². The van der Waals surface area contributed by atoms with Crippen LogP contribution in [0.5, 0.6) is 0 Å². The molecule has 108 valence electrons. The second-order valence-corrected chi connectivity index (χ2v) is 6.36. The predicted octanol–water partition coefficient (Wildman–Crippen LogP) is 3.36. The van der Waals surface area contributed by atoms with Gasteiger partial charge in [0.05, 0.1) is 7.05 Å². The maximum atomic E-state index is 6.26. The Morgan fingerprint density at radius 2 is 2.11 bits per heavy atom. The van der Waals surface area contributed by atoms with Gasteiger partial charge in [-0.15, -0.1) is 21.8 Å². The molecule has 0 N–H and O–H groups in total. The standard InChI is InChI=1S/C14H25ClN4/c1-3-4-5-12-6-8-14(11-15,9-7-12)10-13-16-18-19(2)17-13/h12H,3-11H2,1-2H3. The number of halogens is 1. The topological polar surface area (TPSA) is 43.6 Å². The van der Waals surface area contributed by atoms with E-state index in [0.717, 1.165) is 18.2 Å². The molecule has 2 rings (SSSR count). The summed E-state index contributed by atoms with van der Waals surface area (Å²) in [6.07, 6.45) is 9.99. The molecule has 1 heterocycles. The molecule has 0 bridgehead atoms. The molecule has 0 aromatic carbocycles. The van der Waals surface area contributed by atoms with Gasteiger partial charge in [0.15, 0.2) is 5.82 Å². The molecule has 0 aliphatic heterocycles. The molecule has 5 heteroatoms. The number of hydrogen-bond donors (Lipinski definition) is 0. The minimum absolute atomic E-state index is 0.202. The first-order valence-electron chi connectivity index (χ1n) is 7.46.